The van der Waals surface area contributed by atoms with Crippen molar-refractivity contribution in [3.05, 3.63) is 0 Å². The average Bonchev–Trinajstić information content (AvgIpc) is 1.96. The summed E-state index contributed by atoms with van der Waals surface area (Å²) in [6.07, 6.45) is 0.960. The predicted molar refractivity (Wildman–Crippen MR) is 58.8 cm³/mol. The fraction of sp³-hybridized carbons (Fsp3) is 1.00. The molecule has 0 aromatic heterocycles. The van der Waals surface area contributed by atoms with Gasteiger partial charge < -0.3 is 14.3 Å². The molecule has 0 spiro atoms. The SMILES string of the molecule is CCC(C)OC[Si](O)(O)NC(C)(C)C. The highest BCUT2D eigenvalue weighted by molar-refractivity contribution is 6.62. The molecule has 0 aromatic rings. The summed E-state index contributed by atoms with van der Waals surface area (Å²) in [6, 6.07) is 0. The minimum absolute atomic E-state index is 0.0132. The topological polar surface area (TPSA) is 61.7 Å². The third-order valence-electron chi connectivity index (χ3n) is 1.72. The smallest absolute Gasteiger partial charge is 0.398 e. The first kappa shape index (κ1) is 14.1. The van der Waals surface area contributed by atoms with E-state index in [-0.39, 0.29) is 17.9 Å². The molecule has 0 saturated carbocycles. The van der Waals surface area contributed by atoms with Crippen LogP contribution in [0.25, 0.3) is 0 Å². The summed E-state index contributed by atoms with van der Waals surface area (Å²) in [5, 5.41) is 0. The summed E-state index contributed by atoms with van der Waals surface area (Å²) >= 11 is 0. The van der Waals surface area contributed by atoms with E-state index >= 15 is 0 Å². The van der Waals surface area contributed by atoms with Crippen LogP contribution in [0.3, 0.4) is 0 Å². The molecule has 14 heavy (non-hydrogen) atoms. The van der Waals surface area contributed by atoms with E-state index in [0.29, 0.717) is 0 Å². The molecule has 0 aliphatic carbocycles. The van der Waals surface area contributed by atoms with Crippen molar-refractivity contribution in [1.29, 1.82) is 0 Å². The van der Waals surface area contributed by atoms with Gasteiger partial charge in [-0.2, -0.15) is 0 Å². The molecule has 0 saturated heterocycles. The quantitative estimate of drug-likeness (QED) is 0.597. The second-order valence-corrected chi connectivity index (χ2v) is 6.89. The van der Waals surface area contributed by atoms with Crippen LogP contribution in [0.5, 0.6) is 0 Å². The van der Waals surface area contributed by atoms with Crippen molar-refractivity contribution in [1.82, 2.24) is 4.98 Å². The summed E-state index contributed by atoms with van der Waals surface area (Å²) in [5.74, 6) is 0. The van der Waals surface area contributed by atoms with Gasteiger partial charge in [-0.3, -0.25) is 4.98 Å². The molecule has 0 radical (unpaired) electrons. The fourth-order valence-corrected chi connectivity index (χ4v) is 2.80. The molecular weight excluding hydrogens is 198 g/mol. The summed E-state index contributed by atoms with van der Waals surface area (Å²) in [5.41, 5.74) is -0.297. The minimum atomic E-state index is -3.39. The summed E-state index contributed by atoms with van der Waals surface area (Å²) < 4.78 is 5.30. The zero-order chi connectivity index (χ0) is 11.4. The first-order valence-electron chi connectivity index (χ1n) is 5.02. The Balaban J connectivity index is 3.95. The number of rotatable bonds is 5. The maximum absolute atomic E-state index is 9.65. The Morgan fingerprint density at radius 1 is 1.36 bits per heavy atom. The van der Waals surface area contributed by atoms with Gasteiger partial charge in [0.25, 0.3) is 0 Å². The molecule has 0 fully saturated rings. The molecule has 0 aromatic carbocycles. The molecule has 1 unspecified atom stereocenters. The number of hydrogen-bond donors (Lipinski definition) is 3. The lowest BCUT2D eigenvalue weighted by molar-refractivity contribution is 0.0713. The summed E-state index contributed by atoms with van der Waals surface area (Å²) in [4.78, 5) is 22.1. The monoisotopic (exact) mass is 221 g/mol. The molecule has 3 N–H and O–H groups in total. The maximum atomic E-state index is 9.65. The third kappa shape index (κ3) is 7.46. The highest BCUT2D eigenvalue weighted by atomic mass is 28.4. The molecule has 86 valence electrons. The van der Waals surface area contributed by atoms with Crippen molar-refractivity contribution >= 4 is 8.72 Å². The predicted octanol–water partition coefficient (Wildman–Crippen LogP) is 0.652. The molecule has 1 atom stereocenters. The van der Waals surface area contributed by atoms with E-state index in [1.54, 1.807) is 0 Å². The second kappa shape index (κ2) is 5.23. The largest absolute Gasteiger partial charge is 0.447 e. The van der Waals surface area contributed by atoms with Gasteiger partial charge in [0, 0.05) is 5.54 Å². The van der Waals surface area contributed by atoms with Crippen LogP contribution < -0.4 is 4.98 Å². The van der Waals surface area contributed by atoms with Crippen LogP contribution in [0.2, 0.25) is 0 Å². The van der Waals surface area contributed by atoms with E-state index in [4.69, 9.17) is 4.74 Å². The van der Waals surface area contributed by atoms with Gasteiger partial charge in [0.15, 0.2) is 0 Å². The molecular formula is C9H23NO3Si. The lowest BCUT2D eigenvalue weighted by Gasteiger charge is -2.29. The van der Waals surface area contributed by atoms with Crippen LogP contribution in [0, 0.1) is 0 Å². The van der Waals surface area contributed by atoms with Crippen molar-refractivity contribution < 1.29 is 14.3 Å². The Morgan fingerprint density at radius 3 is 2.21 bits per heavy atom. The van der Waals surface area contributed by atoms with Gasteiger partial charge in [0.2, 0.25) is 0 Å². The van der Waals surface area contributed by atoms with Gasteiger partial charge in [0.1, 0.15) is 6.23 Å². The van der Waals surface area contributed by atoms with E-state index in [0.717, 1.165) is 6.42 Å². The van der Waals surface area contributed by atoms with Crippen molar-refractivity contribution in [3.63, 3.8) is 0 Å². The van der Waals surface area contributed by atoms with Crippen molar-refractivity contribution in [3.8, 4) is 0 Å². The zero-order valence-corrected chi connectivity index (χ0v) is 10.8. The van der Waals surface area contributed by atoms with Crippen molar-refractivity contribution in [2.75, 3.05) is 6.23 Å². The van der Waals surface area contributed by atoms with Gasteiger partial charge >= 0.3 is 8.72 Å². The van der Waals surface area contributed by atoms with Crippen LogP contribution in [0.4, 0.5) is 0 Å². The molecule has 0 rings (SSSR count). The third-order valence-corrected chi connectivity index (χ3v) is 3.44. The van der Waals surface area contributed by atoms with Crippen LogP contribution in [0.15, 0.2) is 0 Å². The Hall–Kier alpha value is 0.0569. The lowest BCUT2D eigenvalue weighted by atomic mass is 10.1. The minimum Gasteiger partial charge on any atom is -0.398 e. The molecule has 0 aliphatic heterocycles. The Bertz CT molecular complexity index is 168. The van der Waals surface area contributed by atoms with Crippen molar-refractivity contribution in [2.45, 2.75) is 52.7 Å². The van der Waals surface area contributed by atoms with Crippen molar-refractivity contribution in [2.24, 2.45) is 0 Å². The van der Waals surface area contributed by atoms with Crippen LogP contribution in [-0.2, 0) is 4.74 Å². The number of nitrogens with one attached hydrogen (secondary N) is 1. The first-order valence-corrected chi connectivity index (χ1v) is 7.12. The maximum Gasteiger partial charge on any atom is 0.447 e. The van der Waals surface area contributed by atoms with E-state index in [1.807, 2.05) is 34.6 Å². The average molecular weight is 221 g/mol. The Morgan fingerprint density at radius 2 is 1.86 bits per heavy atom. The fourth-order valence-electron chi connectivity index (χ4n) is 1.01. The van der Waals surface area contributed by atoms with Crippen LogP contribution in [-0.4, -0.2) is 36.2 Å². The van der Waals surface area contributed by atoms with E-state index < -0.39 is 8.72 Å². The molecule has 0 aliphatic rings. The van der Waals surface area contributed by atoms with Gasteiger partial charge in [-0.25, -0.2) is 0 Å². The highest BCUT2D eigenvalue weighted by Crippen LogP contribution is 2.05. The Labute approximate surface area is 87.6 Å². The van der Waals surface area contributed by atoms with E-state index in [2.05, 4.69) is 4.98 Å². The first-order chi connectivity index (χ1) is 6.16. The number of ether oxygens (including phenoxy) is 1. The molecule has 0 heterocycles. The van der Waals surface area contributed by atoms with Crippen LogP contribution in [0.1, 0.15) is 41.0 Å². The van der Waals surface area contributed by atoms with Crippen LogP contribution >= 0.6 is 0 Å². The second-order valence-electron chi connectivity index (χ2n) is 4.72. The van der Waals surface area contributed by atoms with Gasteiger partial charge in [0.05, 0.1) is 6.10 Å². The summed E-state index contributed by atoms with van der Waals surface area (Å²) in [7, 11) is -3.39. The van der Waals surface area contributed by atoms with E-state index in [9.17, 15) is 9.59 Å². The summed E-state index contributed by atoms with van der Waals surface area (Å²) in [6.45, 7) is 9.60. The van der Waals surface area contributed by atoms with E-state index in [1.165, 1.54) is 0 Å². The number of hydrogen-bond acceptors (Lipinski definition) is 4. The van der Waals surface area contributed by atoms with Gasteiger partial charge in [-0.15, -0.1) is 0 Å². The standard InChI is InChI=1S/C9H23NO3Si/c1-6-8(2)13-7-14(11,12)10-9(3,4)5/h8,10-12H,6-7H2,1-5H3. The molecule has 0 amide bonds. The van der Waals surface area contributed by atoms with Gasteiger partial charge in [-0.05, 0) is 34.1 Å². The Kier molecular flexibility index (Phi) is 5.25. The highest BCUT2D eigenvalue weighted by Gasteiger charge is 2.35. The molecule has 4 nitrogen and oxygen atoms in total. The van der Waals surface area contributed by atoms with Gasteiger partial charge in [-0.1, -0.05) is 6.92 Å². The lowest BCUT2D eigenvalue weighted by Crippen LogP contribution is -2.62. The normalized spacial score (nSPS) is 15.6. The molecule has 5 heteroatoms. The zero-order valence-electron chi connectivity index (χ0n) is 9.79. The molecule has 0 bridgehead atoms.